The molecule has 0 aromatic rings. The molecule has 0 atom stereocenters. The standard InChI is InChI=1S/C10H19BrO3/c1-10(2,9(12)13)14-8-6-4-3-5-7-11/h3-8H2,1-2H3,(H,12,13). The van der Waals surface area contributed by atoms with Crippen molar-refractivity contribution in [2.75, 3.05) is 11.9 Å². The summed E-state index contributed by atoms with van der Waals surface area (Å²) >= 11 is 3.36. The molecule has 0 unspecified atom stereocenters. The summed E-state index contributed by atoms with van der Waals surface area (Å²) in [6.07, 6.45) is 4.37. The van der Waals surface area contributed by atoms with Crippen LogP contribution in [0.3, 0.4) is 0 Å². The molecule has 0 aliphatic rings. The summed E-state index contributed by atoms with van der Waals surface area (Å²) in [5.41, 5.74) is -1.05. The van der Waals surface area contributed by atoms with Crippen LogP contribution in [0.1, 0.15) is 39.5 Å². The number of carboxylic acids is 1. The summed E-state index contributed by atoms with van der Waals surface area (Å²) in [5.74, 6) is -0.905. The van der Waals surface area contributed by atoms with Gasteiger partial charge in [-0.05, 0) is 26.7 Å². The smallest absolute Gasteiger partial charge is 0.335 e. The number of carbonyl (C=O) groups is 1. The van der Waals surface area contributed by atoms with Crippen molar-refractivity contribution in [3.05, 3.63) is 0 Å². The van der Waals surface area contributed by atoms with Gasteiger partial charge in [-0.15, -0.1) is 0 Å². The Bertz CT molecular complexity index is 169. The molecule has 4 heteroatoms. The Labute approximate surface area is 94.0 Å². The Morgan fingerprint density at radius 2 is 1.86 bits per heavy atom. The van der Waals surface area contributed by atoms with Crippen LogP contribution in [0.25, 0.3) is 0 Å². The van der Waals surface area contributed by atoms with Gasteiger partial charge in [0.05, 0.1) is 0 Å². The number of hydrogen-bond donors (Lipinski definition) is 1. The topological polar surface area (TPSA) is 46.5 Å². The summed E-state index contributed by atoms with van der Waals surface area (Å²) < 4.78 is 5.26. The number of carboxylic acid groups (broad SMARTS) is 1. The lowest BCUT2D eigenvalue weighted by Crippen LogP contribution is -2.35. The van der Waals surface area contributed by atoms with Crippen molar-refractivity contribution in [2.24, 2.45) is 0 Å². The first-order chi connectivity index (χ1) is 6.50. The zero-order chi connectivity index (χ0) is 11.0. The lowest BCUT2D eigenvalue weighted by molar-refractivity contribution is -0.161. The van der Waals surface area contributed by atoms with Crippen molar-refractivity contribution >= 4 is 21.9 Å². The molecular formula is C10H19BrO3. The molecule has 0 aromatic heterocycles. The molecule has 0 radical (unpaired) electrons. The molecule has 0 rings (SSSR count). The normalized spacial score (nSPS) is 11.6. The van der Waals surface area contributed by atoms with E-state index < -0.39 is 11.6 Å². The molecule has 0 bridgehead atoms. The first-order valence-corrected chi connectivity index (χ1v) is 6.06. The van der Waals surface area contributed by atoms with E-state index in [1.807, 2.05) is 0 Å². The first-order valence-electron chi connectivity index (χ1n) is 4.94. The van der Waals surface area contributed by atoms with Gasteiger partial charge in [-0.3, -0.25) is 0 Å². The van der Waals surface area contributed by atoms with Crippen molar-refractivity contribution in [1.29, 1.82) is 0 Å². The number of unbranched alkanes of at least 4 members (excludes halogenated alkanes) is 3. The van der Waals surface area contributed by atoms with Crippen molar-refractivity contribution in [2.45, 2.75) is 45.1 Å². The van der Waals surface area contributed by atoms with Gasteiger partial charge in [0.15, 0.2) is 5.60 Å². The molecule has 84 valence electrons. The van der Waals surface area contributed by atoms with E-state index in [2.05, 4.69) is 15.9 Å². The lowest BCUT2D eigenvalue weighted by Gasteiger charge is -2.19. The van der Waals surface area contributed by atoms with Crippen LogP contribution in [-0.4, -0.2) is 28.6 Å². The monoisotopic (exact) mass is 266 g/mol. The van der Waals surface area contributed by atoms with Crippen LogP contribution in [0.4, 0.5) is 0 Å². The molecule has 0 aliphatic heterocycles. The summed E-state index contributed by atoms with van der Waals surface area (Å²) in [6, 6.07) is 0. The van der Waals surface area contributed by atoms with E-state index in [0.717, 1.165) is 18.2 Å². The molecule has 14 heavy (non-hydrogen) atoms. The van der Waals surface area contributed by atoms with Gasteiger partial charge in [-0.2, -0.15) is 0 Å². The second-order valence-electron chi connectivity index (χ2n) is 3.77. The molecule has 3 nitrogen and oxygen atoms in total. The van der Waals surface area contributed by atoms with Crippen LogP contribution in [0, 0.1) is 0 Å². The minimum atomic E-state index is -1.05. The number of rotatable bonds is 8. The van der Waals surface area contributed by atoms with Gasteiger partial charge in [-0.1, -0.05) is 28.8 Å². The van der Waals surface area contributed by atoms with Gasteiger partial charge in [0.2, 0.25) is 0 Å². The SMILES string of the molecule is CC(C)(OCCCCCCBr)C(=O)O. The zero-order valence-electron chi connectivity index (χ0n) is 8.88. The van der Waals surface area contributed by atoms with E-state index in [9.17, 15) is 4.79 Å². The maximum Gasteiger partial charge on any atom is 0.335 e. The van der Waals surface area contributed by atoms with Gasteiger partial charge in [0, 0.05) is 11.9 Å². The Hall–Kier alpha value is -0.0900. The third kappa shape index (κ3) is 6.38. The maximum atomic E-state index is 10.7. The average molecular weight is 267 g/mol. The quantitative estimate of drug-likeness (QED) is 0.543. The highest BCUT2D eigenvalue weighted by Crippen LogP contribution is 2.11. The fourth-order valence-electron chi connectivity index (χ4n) is 0.939. The summed E-state index contributed by atoms with van der Waals surface area (Å²) in [7, 11) is 0. The zero-order valence-corrected chi connectivity index (χ0v) is 10.5. The van der Waals surface area contributed by atoms with Crippen LogP contribution in [0.15, 0.2) is 0 Å². The van der Waals surface area contributed by atoms with Crippen LogP contribution >= 0.6 is 15.9 Å². The van der Waals surface area contributed by atoms with Crippen LogP contribution in [-0.2, 0) is 9.53 Å². The molecule has 0 heterocycles. The van der Waals surface area contributed by atoms with Crippen LogP contribution < -0.4 is 0 Å². The predicted octanol–water partition coefficient (Wildman–Crippen LogP) is 2.82. The predicted molar refractivity (Wildman–Crippen MR) is 59.9 cm³/mol. The number of hydrogen-bond acceptors (Lipinski definition) is 2. The maximum absolute atomic E-state index is 10.7. The number of ether oxygens (including phenoxy) is 1. The van der Waals surface area contributed by atoms with E-state index in [4.69, 9.17) is 9.84 Å². The molecule has 0 spiro atoms. The molecule has 0 fully saturated rings. The summed E-state index contributed by atoms with van der Waals surface area (Å²) in [5, 5.41) is 9.79. The average Bonchev–Trinajstić information content (AvgIpc) is 2.10. The van der Waals surface area contributed by atoms with Crippen molar-refractivity contribution in [1.82, 2.24) is 0 Å². The molecule has 1 N–H and O–H groups in total. The van der Waals surface area contributed by atoms with E-state index in [1.165, 1.54) is 12.8 Å². The molecular weight excluding hydrogens is 248 g/mol. The van der Waals surface area contributed by atoms with Gasteiger partial charge in [-0.25, -0.2) is 4.79 Å². The lowest BCUT2D eigenvalue weighted by atomic mass is 10.1. The molecule has 0 aromatic carbocycles. The summed E-state index contributed by atoms with van der Waals surface area (Å²) in [4.78, 5) is 10.7. The van der Waals surface area contributed by atoms with Crippen molar-refractivity contribution in [3.63, 3.8) is 0 Å². The van der Waals surface area contributed by atoms with Crippen molar-refractivity contribution in [3.8, 4) is 0 Å². The fourth-order valence-corrected chi connectivity index (χ4v) is 1.34. The van der Waals surface area contributed by atoms with E-state index in [0.29, 0.717) is 6.61 Å². The fraction of sp³-hybridized carbons (Fsp3) is 0.900. The first kappa shape index (κ1) is 13.9. The van der Waals surface area contributed by atoms with Gasteiger partial charge < -0.3 is 9.84 Å². The second-order valence-corrected chi connectivity index (χ2v) is 4.56. The molecule has 0 aliphatic carbocycles. The highest BCUT2D eigenvalue weighted by molar-refractivity contribution is 9.09. The highest BCUT2D eigenvalue weighted by Gasteiger charge is 2.27. The van der Waals surface area contributed by atoms with Crippen molar-refractivity contribution < 1.29 is 14.6 Å². The van der Waals surface area contributed by atoms with Gasteiger partial charge in [0.25, 0.3) is 0 Å². The molecule has 0 saturated carbocycles. The van der Waals surface area contributed by atoms with E-state index in [1.54, 1.807) is 13.8 Å². The molecule has 0 amide bonds. The minimum Gasteiger partial charge on any atom is -0.479 e. The van der Waals surface area contributed by atoms with Crippen LogP contribution in [0.5, 0.6) is 0 Å². The summed E-state index contributed by atoms with van der Waals surface area (Å²) in [6.45, 7) is 3.68. The minimum absolute atomic E-state index is 0.529. The van der Waals surface area contributed by atoms with E-state index in [-0.39, 0.29) is 0 Å². The third-order valence-electron chi connectivity index (χ3n) is 2.01. The third-order valence-corrected chi connectivity index (χ3v) is 2.57. The Morgan fingerprint density at radius 3 is 2.36 bits per heavy atom. The highest BCUT2D eigenvalue weighted by atomic mass is 79.9. The van der Waals surface area contributed by atoms with Gasteiger partial charge >= 0.3 is 5.97 Å². The largest absolute Gasteiger partial charge is 0.479 e. The number of aliphatic carboxylic acids is 1. The second kappa shape index (κ2) is 7.23. The molecule has 0 saturated heterocycles. The number of halogens is 1. The Balaban J connectivity index is 3.40. The number of alkyl halides is 1. The van der Waals surface area contributed by atoms with Gasteiger partial charge in [0.1, 0.15) is 0 Å². The Kier molecular flexibility index (Phi) is 7.19. The van der Waals surface area contributed by atoms with Crippen LogP contribution in [0.2, 0.25) is 0 Å². The van der Waals surface area contributed by atoms with E-state index >= 15 is 0 Å². The Morgan fingerprint density at radius 1 is 1.29 bits per heavy atom.